The second-order valence-electron chi connectivity index (χ2n) is 5.24. The molecule has 2 rings (SSSR count). The molecule has 0 aromatic heterocycles. The molecule has 24 heavy (non-hydrogen) atoms. The van der Waals surface area contributed by atoms with E-state index in [9.17, 15) is 26.3 Å². The number of nitrogens with one attached hydrogen (secondary N) is 1. The van der Waals surface area contributed by atoms with Crippen LogP contribution in [0.15, 0.2) is 29.2 Å². The average molecular weight is 395 g/mol. The lowest BCUT2D eigenvalue weighted by Gasteiger charge is -2.35. The lowest BCUT2D eigenvalue weighted by atomic mass is 10.0. The first kappa shape index (κ1) is 21.4. The largest absolute Gasteiger partial charge is 0.446 e. The zero-order valence-corrected chi connectivity index (χ0v) is 14.1. The van der Waals surface area contributed by atoms with Gasteiger partial charge in [0.2, 0.25) is 0 Å². The molecule has 0 saturated carbocycles. The smallest absolute Gasteiger partial charge is 0.314 e. The molecule has 0 unspecified atom stereocenters. The molecule has 0 bridgehead atoms. The van der Waals surface area contributed by atoms with Crippen molar-refractivity contribution < 1.29 is 26.3 Å². The van der Waals surface area contributed by atoms with Crippen LogP contribution in [0.5, 0.6) is 0 Å². The van der Waals surface area contributed by atoms with E-state index in [0.717, 1.165) is 0 Å². The van der Waals surface area contributed by atoms with Crippen LogP contribution >= 0.6 is 24.2 Å². The first-order chi connectivity index (χ1) is 10.6. The van der Waals surface area contributed by atoms with E-state index in [4.69, 9.17) is 0 Å². The number of nitrogens with zero attached hydrogens (tertiary/aromatic N) is 1. The van der Waals surface area contributed by atoms with Crippen molar-refractivity contribution in [2.45, 2.75) is 29.0 Å². The number of piperazine rings is 1. The summed E-state index contributed by atoms with van der Waals surface area (Å²) in [4.78, 5) is 1.68. The number of hydrogen-bond acceptors (Lipinski definition) is 3. The second kappa shape index (κ2) is 8.64. The predicted molar refractivity (Wildman–Crippen MR) is 83.5 cm³/mol. The molecule has 1 aliphatic rings. The number of rotatable bonds is 4. The maximum Gasteiger partial charge on any atom is 0.446 e. The van der Waals surface area contributed by atoms with Crippen LogP contribution in [0.25, 0.3) is 0 Å². The maximum atomic E-state index is 12.9. The van der Waals surface area contributed by atoms with Gasteiger partial charge >= 0.3 is 11.7 Å². The summed E-state index contributed by atoms with van der Waals surface area (Å²) in [6.07, 6.45) is -5.35. The van der Waals surface area contributed by atoms with Crippen molar-refractivity contribution >= 4 is 24.2 Å². The lowest BCUT2D eigenvalue weighted by molar-refractivity contribution is -0.148. The third-order valence-corrected chi connectivity index (χ3v) is 4.25. The Morgan fingerprint density at radius 3 is 2.00 bits per heavy atom. The minimum atomic E-state index is -4.41. The summed E-state index contributed by atoms with van der Waals surface area (Å²) >= 11 is -0.276. The molecule has 1 fully saturated rings. The van der Waals surface area contributed by atoms with Gasteiger partial charge in [0.1, 0.15) is 0 Å². The molecule has 0 spiro atoms. The highest BCUT2D eigenvalue weighted by atomic mass is 35.5. The molecule has 1 aromatic carbocycles. The number of halogens is 7. The van der Waals surface area contributed by atoms with Gasteiger partial charge in [-0.15, -0.1) is 12.4 Å². The van der Waals surface area contributed by atoms with Gasteiger partial charge in [-0.3, -0.25) is 4.90 Å². The average Bonchev–Trinajstić information content (AvgIpc) is 2.44. The summed E-state index contributed by atoms with van der Waals surface area (Å²) in [5.74, 6) is 0. The summed E-state index contributed by atoms with van der Waals surface area (Å²) < 4.78 is 75.5. The summed E-state index contributed by atoms with van der Waals surface area (Å²) in [5, 5.41) is 3.07. The zero-order chi connectivity index (χ0) is 17.1. The summed E-state index contributed by atoms with van der Waals surface area (Å²) in [5.41, 5.74) is -4.03. The van der Waals surface area contributed by atoms with Gasteiger partial charge in [0.05, 0.1) is 6.42 Å². The minimum Gasteiger partial charge on any atom is -0.314 e. The Bertz CT molecular complexity index is 499. The van der Waals surface area contributed by atoms with Crippen molar-refractivity contribution in [2.75, 3.05) is 26.2 Å². The summed E-state index contributed by atoms with van der Waals surface area (Å²) in [6, 6.07) is 4.28. The quantitative estimate of drug-likeness (QED) is 0.592. The number of benzene rings is 1. The fourth-order valence-corrected chi connectivity index (χ4v) is 3.10. The van der Waals surface area contributed by atoms with Crippen molar-refractivity contribution in [3.05, 3.63) is 29.8 Å². The molecule has 1 aliphatic heterocycles. The van der Waals surface area contributed by atoms with E-state index < -0.39 is 24.1 Å². The highest BCUT2D eigenvalue weighted by molar-refractivity contribution is 8.00. The highest BCUT2D eigenvalue weighted by Crippen LogP contribution is 2.38. The fourth-order valence-electron chi connectivity index (χ4n) is 2.56. The van der Waals surface area contributed by atoms with Crippen LogP contribution in [0.3, 0.4) is 0 Å². The number of thioether (sulfide) groups is 1. The molecule has 1 N–H and O–H groups in total. The minimum absolute atomic E-state index is 0. The van der Waals surface area contributed by atoms with Crippen molar-refractivity contribution in [1.82, 2.24) is 10.2 Å². The van der Waals surface area contributed by atoms with Gasteiger partial charge in [-0.1, -0.05) is 12.1 Å². The normalized spacial score (nSPS) is 18.1. The third-order valence-electron chi connectivity index (χ3n) is 3.52. The van der Waals surface area contributed by atoms with Crippen LogP contribution in [-0.4, -0.2) is 42.8 Å². The first-order valence-corrected chi connectivity index (χ1v) is 7.83. The highest BCUT2D eigenvalue weighted by Gasteiger charge is 2.36. The standard InChI is InChI=1S/C14H16F6N2S.ClH/c15-13(16,17)9-12(22-7-5-21-6-8-22)10-1-3-11(4-2-10)23-14(18,19)20;/h1-4,12,21H,5-9H2;1H/t12-;/m0./s1. The number of hydrogen-bond donors (Lipinski definition) is 1. The fraction of sp³-hybridized carbons (Fsp3) is 0.571. The molecule has 0 radical (unpaired) electrons. The number of alkyl halides is 6. The van der Waals surface area contributed by atoms with Crippen LogP contribution in [0.4, 0.5) is 26.3 Å². The van der Waals surface area contributed by atoms with Crippen LogP contribution in [0.1, 0.15) is 18.0 Å². The Morgan fingerprint density at radius 2 is 1.54 bits per heavy atom. The molecule has 1 atom stereocenters. The summed E-state index contributed by atoms with van der Waals surface area (Å²) in [7, 11) is 0. The van der Waals surface area contributed by atoms with Crippen molar-refractivity contribution in [2.24, 2.45) is 0 Å². The zero-order valence-electron chi connectivity index (χ0n) is 12.5. The van der Waals surface area contributed by atoms with E-state index >= 15 is 0 Å². The molecule has 2 nitrogen and oxygen atoms in total. The predicted octanol–water partition coefficient (Wildman–Crippen LogP) is 4.62. The van der Waals surface area contributed by atoms with Crippen LogP contribution in [-0.2, 0) is 0 Å². The van der Waals surface area contributed by atoms with Crippen molar-refractivity contribution in [1.29, 1.82) is 0 Å². The van der Waals surface area contributed by atoms with E-state index in [1.807, 2.05) is 0 Å². The van der Waals surface area contributed by atoms with Gasteiger partial charge in [-0.05, 0) is 29.5 Å². The molecule has 1 aromatic rings. The van der Waals surface area contributed by atoms with E-state index in [0.29, 0.717) is 31.7 Å². The molecular weight excluding hydrogens is 378 g/mol. The van der Waals surface area contributed by atoms with Crippen molar-refractivity contribution in [3.8, 4) is 0 Å². The van der Waals surface area contributed by atoms with Crippen LogP contribution in [0, 0.1) is 0 Å². The third kappa shape index (κ3) is 7.08. The molecular formula is C14H17ClF6N2S. The molecule has 10 heteroatoms. The first-order valence-electron chi connectivity index (χ1n) is 7.01. The van der Waals surface area contributed by atoms with Crippen LogP contribution in [0.2, 0.25) is 0 Å². The van der Waals surface area contributed by atoms with E-state index in [1.54, 1.807) is 4.90 Å². The second-order valence-corrected chi connectivity index (χ2v) is 6.38. The SMILES string of the molecule is Cl.FC(F)(F)C[C@@H](c1ccc(SC(F)(F)F)cc1)N1CCNCC1. The Labute approximate surface area is 146 Å². The van der Waals surface area contributed by atoms with Gasteiger partial charge < -0.3 is 5.32 Å². The lowest BCUT2D eigenvalue weighted by Crippen LogP contribution is -2.46. The monoisotopic (exact) mass is 394 g/mol. The maximum absolute atomic E-state index is 12.9. The summed E-state index contributed by atoms with van der Waals surface area (Å²) in [6.45, 7) is 2.13. The van der Waals surface area contributed by atoms with Gasteiger partial charge in [-0.2, -0.15) is 26.3 Å². The molecule has 1 saturated heterocycles. The Balaban J connectivity index is 0.00000288. The van der Waals surface area contributed by atoms with Crippen LogP contribution < -0.4 is 5.32 Å². The molecule has 138 valence electrons. The van der Waals surface area contributed by atoms with Crippen molar-refractivity contribution in [3.63, 3.8) is 0 Å². The van der Waals surface area contributed by atoms with E-state index in [1.165, 1.54) is 24.3 Å². The van der Waals surface area contributed by atoms with Gasteiger partial charge in [0, 0.05) is 37.1 Å². The van der Waals surface area contributed by atoms with E-state index in [2.05, 4.69) is 5.32 Å². The van der Waals surface area contributed by atoms with Gasteiger partial charge in [-0.25, -0.2) is 0 Å². The van der Waals surface area contributed by atoms with E-state index in [-0.39, 0.29) is 29.1 Å². The Kier molecular flexibility index (Phi) is 7.71. The van der Waals surface area contributed by atoms with Gasteiger partial charge in [0.15, 0.2) is 0 Å². The Morgan fingerprint density at radius 1 is 1.00 bits per heavy atom. The topological polar surface area (TPSA) is 15.3 Å². The van der Waals surface area contributed by atoms with Gasteiger partial charge in [0.25, 0.3) is 0 Å². The molecule has 1 heterocycles. The molecule has 0 aliphatic carbocycles. The Hall–Kier alpha value is -0.640. The molecule has 0 amide bonds.